The zero-order valence-electron chi connectivity index (χ0n) is 9.90. The van der Waals surface area contributed by atoms with E-state index >= 15 is 0 Å². The molecule has 0 aliphatic carbocycles. The lowest BCUT2D eigenvalue weighted by molar-refractivity contribution is -0.253. The topological polar surface area (TPSA) is 119 Å². The minimum absolute atomic E-state index is 0.166. The van der Waals surface area contributed by atoms with Crippen molar-refractivity contribution in [3.8, 4) is 0 Å². The standard InChI is InChI=1S/C11H19NO6/c1-2-3-4-7(14)12-8-10(16)9(15)6(5-13)18-11(8)17/h2,6,8-11,13,15-17H,1,3-5H2,(H,12,14)/t6-,8-,9-,10-,11+/m1/s1. The van der Waals surface area contributed by atoms with Crippen LogP contribution in [-0.4, -0.2) is 63.6 Å². The van der Waals surface area contributed by atoms with E-state index in [4.69, 9.17) is 9.84 Å². The van der Waals surface area contributed by atoms with Crippen molar-refractivity contribution in [2.45, 2.75) is 43.5 Å². The fourth-order valence-corrected chi connectivity index (χ4v) is 1.74. The Hall–Kier alpha value is -0.990. The summed E-state index contributed by atoms with van der Waals surface area (Å²) >= 11 is 0. The SMILES string of the molecule is C=CCCC(=O)N[C@@H]1[C@@H](O)[C@H](O)[C@@H](CO)O[C@@H]1O. The van der Waals surface area contributed by atoms with Crippen molar-refractivity contribution < 1.29 is 30.0 Å². The molecular formula is C11H19NO6. The lowest BCUT2D eigenvalue weighted by atomic mass is 9.97. The van der Waals surface area contributed by atoms with Crippen molar-refractivity contribution in [1.29, 1.82) is 0 Å². The predicted molar refractivity (Wildman–Crippen MR) is 61.3 cm³/mol. The number of allylic oxidation sites excluding steroid dienone is 1. The first-order valence-electron chi connectivity index (χ1n) is 5.72. The normalized spacial score (nSPS) is 36.1. The molecule has 5 N–H and O–H groups in total. The Morgan fingerprint density at radius 3 is 2.56 bits per heavy atom. The summed E-state index contributed by atoms with van der Waals surface area (Å²) in [6.07, 6.45) is -3.13. The first-order chi connectivity index (χ1) is 8.51. The first-order valence-corrected chi connectivity index (χ1v) is 5.72. The molecule has 1 saturated heterocycles. The molecule has 0 spiro atoms. The Kier molecular flexibility index (Phi) is 5.70. The van der Waals surface area contributed by atoms with E-state index in [-0.39, 0.29) is 6.42 Å². The van der Waals surface area contributed by atoms with Gasteiger partial charge in [-0.1, -0.05) is 6.08 Å². The van der Waals surface area contributed by atoms with Gasteiger partial charge in [-0.2, -0.15) is 0 Å². The number of rotatable bonds is 5. The summed E-state index contributed by atoms with van der Waals surface area (Å²) in [5, 5.41) is 40.2. The van der Waals surface area contributed by atoms with Crippen LogP contribution in [0.1, 0.15) is 12.8 Å². The summed E-state index contributed by atoms with van der Waals surface area (Å²) < 4.78 is 4.90. The third kappa shape index (κ3) is 3.50. The molecular weight excluding hydrogens is 242 g/mol. The Labute approximate surface area is 105 Å². The second kappa shape index (κ2) is 6.81. The molecule has 7 nitrogen and oxygen atoms in total. The summed E-state index contributed by atoms with van der Waals surface area (Å²) in [6.45, 7) is 2.94. The van der Waals surface area contributed by atoms with Gasteiger partial charge in [-0.25, -0.2) is 0 Å². The van der Waals surface area contributed by atoms with E-state index in [1.54, 1.807) is 6.08 Å². The highest BCUT2D eigenvalue weighted by Crippen LogP contribution is 2.19. The third-order valence-electron chi connectivity index (χ3n) is 2.80. The number of carbonyl (C=O) groups is 1. The molecule has 0 saturated carbocycles. The average Bonchev–Trinajstić information content (AvgIpc) is 2.36. The lowest BCUT2D eigenvalue weighted by Gasteiger charge is -2.40. The zero-order chi connectivity index (χ0) is 13.7. The Morgan fingerprint density at radius 1 is 1.33 bits per heavy atom. The van der Waals surface area contributed by atoms with Gasteiger partial charge >= 0.3 is 0 Å². The molecule has 0 bridgehead atoms. The molecule has 0 aromatic heterocycles. The molecule has 1 heterocycles. The summed E-state index contributed by atoms with van der Waals surface area (Å²) in [5.41, 5.74) is 0. The first kappa shape index (κ1) is 15.1. The monoisotopic (exact) mass is 261 g/mol. The summed E-state index contributed by atoms with van der Waals surface area (Å²) in [5.74, 6) is -0.392. The van der Waals surface area contributed by atoms with Crippen LogP contribution >= 0.6 is 0 Å². The van der Waals surface area contributed by atoms with Crippen LogP contribution in [-0.2, 0) is 9.53 Å². The van der Waals surface area contributed by atoms with E-state index in [1.807, 2.05) is 0 Å². The molecule has 0 unspecified atom stereocenters. The van der Waals surface area contributed by atoms with Crippen LogP contribution in [0.2, 0.25) is 0 Å². The molecule has 1 aliphatic rings. The minimum atomic E-state index is -1.48. The molecule has 0 aromatic rings. The second-order valence-corrected chi connectivity index (χ2v) is 4.15. The van der Waals surface area contributed by atoms with Gasteiger partial charge in [0.15, 0.2) is 6.29 Å². The molecule has 1 rings (SSSR count). The van der Waals surface area contributed by atoms with Crippen LogP contribution in [0.15, 0.2) is 12.7 Å². The summed E-state index contributed by atoms with van der Waals surface area (Å²) in [7, 11) is 0. The maximum atomic E-state index is 11.5. The molecule has 1 aliphatic heterocycles. The number of amides is 1. The third-order valence-corrected chi connectivity index (χ3v) is 2.80. The number of hydrogen-bond acceptors (Lipinski definition) is 6. The van der Waals surface area contributed by atoms with Crippen molar-refractivity contribution in [1.82, 2.24) is 5.32 Å². The molecule has 0 aromatic carbocycles. The number of ether oxygens (including phenoxy) is 1. The van der Waals surface area contributed by atoms with Gasteiger partial charge in [-0.3, -0.25) is 4.79 Å². The van der Waals surface area contributed by atoms with Crippen LogP contribution in [0.4, 0.5) is 0 Å². The van der Waals surface area contributed by atoms with Crippen LogP contribution in [0.3, 0.4) is 0 Å². The van der Waals surface area contributed by atoms with Gasteiger partial charge < -0.3 is 30.5 Å². The minimum Gasteiger partial charge on any atom is -0.394 e. The Bertz CT molecular complexity index is 297. The summed E-state index contributed by atoms with van der Waals surface area (Å²) in [6, 6.07) is -1.12. The second-order valence-electron chi connectivity index (χ2n) is 4.15. The van der Waals surface area contributed by atoms with Crippen LogP contribution < -0.4 is 5.32 Å². The van der Waals surface area contributed by atoms with Crippen molar-refractivity contribution in [3.05, 3.63) is 12.7 Å². The van der Waals surface area contributed by atoms with Crippen molar-refractivity contribution in [2.75, 3.05) is 6.61 Å². The molecule has 5 atom stereocenters. The van der Waals surface area contributed by atoms with E-state index in [0.717, 1.165) is 0 Å². The number of aliphatic hydroxyl groups excluding tert-OH is 4. The number of hydrogen-bond donors (Lipinski definition) is 5. The van der Waals surface area contributed by atoms with Crippen LogP contribution in [0.25, 0.3) is 0 Å². The van der Waals surface area contributed by atoms with Gasteiger partial charge in [-0.15, -0.1) is 6.58 Å². The molecule has 0 radical (unpaired) electrons. The van der Waals surface area contributed by atoms with Gasteiger partial charge in [0.25, 0.3) is 0 Å². The van der Waals surface area contributed by atoms with Gasteiger partial charge in [0.1, 0.15) is 24.4 Å². The van der Waals surface area contributed by atoms with E-state index < -0.39 is 43.2 Å². The smallest absolute Gasteiger partial charge is 0.220 e. The zero-order valence-corrected chi connectivity index (χ0v) is 9.90. The van der Waals surface area contributed by atoms with Gasteiger partial charge in [0, 0.05) is 6.42 Å². The van der Waals surface area contributed by atoms with Gasteiger partial charge in [-0.05, 0) is 6.42 Å². The van der Waals surface area contributed by atoms with Gasteiger partial charge in [0.05, 0.1) is 6.61 Å². The van der Waals surface area contributed by atoms with E-state index in [1.165, 1.54) is 0 Å². The highest BCUT2D eigenvalue weighted by atomic mass is 16.6. The molecule has 104 valence electrons. The Balaban J connectivity index is 2.59. The lowest BCUT2D eigenvalue weighted by Crippen LogP contribution is -2.64. The van der Waals surface area contributed by atoms with Crippen molar-refractivity contribution >= 4 is 5.91 Å². The predicted octanol–water partition coefficient (Wildman–Crippen LogP) is -2.13. The van der Waals surface area contributed by atoms with Crippen molar-refractivity contribution in [2.24, 2.45) is 0 Å². The Morgan fingerprint density at radius 2 is 2.00 bits per heavy atom. The average molecular weight is 261 g/mol. The molecule has 1 amide bonds. The maximum Gasteiger partial charge on any atom is 0.220 e. The van der Waals surface area contributed by atoms with Crippen LogP contribution in [0, 0.1) is 0 Å². The quantitative estimate of drug-likeness (QED) is 0.361. The fourth-order valence-electron chi connectivity index (χ4n) is 1.74. The van der Waals surface area contributed by atoms with E-state index in [2.05, 4.69) is 11.9 Å². The highest BCUT2D eigenvalue weighted by molar-refractivity contribution is 5.76. The fraction of sp³-hybridized carbons (Fsp3) is 0.727. The van der Waals surface area contributed by atoms with E-state index in [0.29, 0.717) is 6.42 Å². The number of carbonyl (C=O) groups excluding carboxylic acids is 1. The van der Waals surface area contributed by atoms with Crippen LogP contribution in [0.5, 0.6) is 0 Å². The number of aliphatic hydroxyl groups is 4. The summed E-state index contributed by atoms with van der Waals surface area (Å²) in [4.78, 5) is 11.5. The maximum absolute atomic E-state index is 11.5. The van der Waals surface area contributed by atoms with E-state index in [9.17, 15) is 20.1 Å². The number of nitrogens with one attached hydrogen (secondary N) is 1. The molecule has 18 heavy (non-hydrogen) atoms. The van der Waals surface area contributed by atoms with Crippen molar-refractivity contribution in [3.63, 3.8) is 0 Å². The molecule has 7 heteroatoms. The van der Waals surface area contributed by atoms with Gasteiger partial charge in [0.2, 0.25) is 5.91 Å². The largest absolute Gasteiger partial charge is 0.394 e. The molecule has 1 fully saturated rings. The highest BCUT2D eigenvalue weighted by Gasteiger charge is 2.44.